The normalized spacial score (nSPS) is 10.5. The molecule has 0 saturated carbocycles. The average Bonchev–Trinajstić information content (AvgIpc) is 2.55. The second-order valence-corrected chi connectivity index (χ2v) is 3.85. The lowest BCUT2D eigenvalue weighted by atomic mass is 10.0. The summed E-state index contributed by atoms with van der Waals surface area (Å²) in [6.45, 7) is 4.27. The Hall–Kier alpha value is -1.75. The maximum Gasteiger partial charge on any atom is 0.0991 e. The number of aromatic nitrogens is 1. The molecule has 15 heavy (non-hydrogen) atoms. The first-order valence-corrected chi connectivity index (χ1v) is 5.27. The first kappa shape index (κ1) is 9.79. The molecule has 0 unspecified atom stereocenters. The molecule has 0 spiro atoms. The molecule has 0 aliphatic carbocycles. The Morgan fingerprint density at radius 3 is 2.87 bits per heavy atom. The highest BCUT2D eigenvalue weighted by atomic mass is 14.7. The van der Waals surface area contributed by atoms with Gasteiger partial charge in [0, 0.05) is 16.6 Å². The van der Waals surface area contributed by atoms with Crippen molar-refractivity contribution < 1.29 is 0 Å². The summed E-state index contributed by atoms with van der Waals surface area (Å²) >= 11 is 0. The minimum absolute atomic E-state index is 0.735. The Morgan fingerprint density at radius 2 is 2.20 bits per heavy atom. The molecule has 76 valence electrons. The van der Waals surface area contributed by atoms with Gasteiger partial charge in [-0.05, 0) is 37.1 Å². The molecule has 2 nitrogen and oxygen atoms in total. The third-order valence-corrected chi connectivity index (χ3v) is 2.75. The highest BCUT2D eigenvalue weighted by Crippen LogP contribution is 2.24. The Balaban J connectivity index is 2.67. The molecule has 0 atom stereocenters. The van der Waals surface area contributed by atoms with Crippen LogP contribution in [0.5, 0.6) is 0 Å². The molecule has 2 rings (SSSR count). The predicted molar refractivity (Wildman–Crippen MR) is 61.7 cm³/mol. The number of fused-ring (bicyclic) bond motifs is 1. The fraction of sp³-hybridized carbons (Fsp3) is 0.308. The highest BCUT2D eigenvalue weighted by molar-refractivity contribution is 5.85. The maximum absolute atomic E-state index is 8.86. The monoisotopic (exact) mass is 198 g/mol. The molecule has 2 heteroatoms. The lowest BCUT2D eigenvalue weighted by Gasteiger charge is -1.98. The van der Waals surface area contributed by atoms with E-state index in [1.54, 1.807) is 0 Å². The summed E-state index contributed by atoms with van der Waals surface area (Å²) in [5, 5.41) is 10.1. The van der Waals surface area contributed by atoms with Crippen molar-refractivity contribution in [2.75, 3.05) is 0 Å². The number of hydrogen-bond donors (Lipinski definition) is 1. The van der Waals surface area contributed by atoms with E-state index in [4.69, 9.17) is 5.26 Å². The fourth-order valence-corrected chi connectivity index (χ4v) is 2.02. The quantitative estimate of drug-likeness (QED) is 0.790. The minimum atomic E-state index is 0.735. The lowest BCUT2D eigenvalue weighted by Crippen LogP contribution is -1.84. The number of aromatic amines is 1. The lowest BCUT2D eigenvalue weighted by molar-refractivity contribution is 0.918. The van der Waals surface area contributed by atoms with Gasteiger partial charge in [-0.25, -0.2) is 0 Å². The number of hydrogen-bond acceptors (Lipinski definition) is 1. The summed E-state index contributed by atoms with van der Waals surface area (Å²) < 4.78 is 0. The van der Waals surface area contributed by atoms with Gasteiger partial charge in [-0.2, -0.15) is 5.26 Å². The molecule has 0 aliphatic heterocycles. The van der Waals surface area contributed by atoms with Crippen LogP contribution >= 0.6 is 0 Å². The zero-order valence-corrected chi connectivity index (χ0v) is 9.09. The molecule has 2 aromatic rings. The number of aryl methyl sites for hydroxylation is 2. The van der Waals surface area contributed by atoms with E-state index in [9.17, 15) is 0 Å². The van der Waals surface area contributed by atoms with Crippen LogP contribution in [0.4, 0.5) is 0 Å². The van der Waals surface area contributed by atoms with E-state index < -0.39 is 0 Å². The van der Waals surface area contributed by atoms with Crippen molar-refractivity contribution in [1.82, 2.24) is 4.98 Å². The van der Waals surface area contributed by atoms with Crippen LogP contribution in [-0.2, 0) is 6.42 Å². The SMILES string of the molecule is CCCc1c(C)[nH]c2ccc(C#N)cc12. The number of nitrogens with one attached hydrogen (secondary N) is 1. The fourth-order valence-electron chi connectivity index (χ4n) is 2.02. The number of benzene rings is 1. The van der Waals surface area contributed by atoms with Crippen LogP contribution in [0, 0.1) is 18.3 Å². The Morgan fingerprint density at radius 1 is 1.40 bits per heavy atom. The zero-order chi connectivity index (χ0) is 10.8. The van der Waals surface area contributed by atoms with E-state index in [-0.39, 0.29) is 0 Å². The second-order valence-electron chi connectivity index (χ2n) is 3.85. The Kier molecular flexibility index (Phi) is 2.47. The van der Waals surface area contributed by atoms with Crippen LogP contribution in [0.2, 0.25) is 0 Å². The molecule has 1 aromatic heterocycles. The number of nitrogens with zero attached hydrogens (tertiary/aromatic N) is 1. The summed E-state index contributed by atoms with van der Waals surface area (Å²) in [4.78, 5) is 3.35. The van der Waals surface area contributed by atoms with E-state index in [0.29, 0.717) is 0 Å². The second kappa shape index (κ2) is 3.78. The number of nitriles is 1. The molecule has 0 fully saturated rings. The molecular formula is C13H14N2. The summed E-state index contributed by atoms with van der Waals surface area (Å²) in [7, 11) is 0. The van der Waals surface area contributed by atoms with Gasteiger partial charge in [-0.15, -0.1) is 0 Å². The molecular weight excluding hydrogens is 184 g/mol. The van der Waals surface area contributed by atoms with Crippen molar-refractivity contribution in [2.45, 2.75) is 26.7 Å². The molecule has 0 aliphatic rings. The van der Waals surface area contributed by atoms with Gasteiger partial charge in [0.2, 0.25) is 0 Å². The Bertz CT molecular complexity index is 529. The molecule has 0 bridgehead atoms. The molecule has 0 radical (unpaired) electrons. The van der Waals surface area contributed by atoms with Crippen molar-refractivity contribution in [1.29, 1.82) is 5.26 Å². The number of rotatable bonds is 2. The summed E-state index contributed by atoms with van der Waals surface area (Å²) in [5.74, 6) is 0. The minimum Gasteiger partial charge on any atom is -0.358 e. The summed E-state index contributed by atoms with van der Waals surface area (Å²) in [6, 6.07) is 8.00. The van der Waals surface area contributed by atoms with Crippen LogP contribution in [0.1, 0.15) is 30.2 Å². The largest absolute Gasteiger partial charge is 0.358 e. The van der Waals surface area contributed by atoms with Crippen LogP contribution < -0.4 is 0 Å². The van der Waals surface area contributed by atoms with Crippen LogP contribution in [0.25, 0.3) is 10.9 Å². The van der Waals surface area contributed by atoms with Crippen molar-refractivity contribution in [3.63, 3.8) is 0 Å². The highest BCUT2D eigenvalue weighted by Gasteiger charge is 2.07. The molecule has 1 heterocycles. The first-order valence-electron chi connectivity index (χ1n) is 5.27. The molecule has 1 aromatic carbocycles. The van der Waals surface area contributed by atoms with Crippen LogP contribution in [-0.4, -0.2) is 4.98 Å². The molecule has 1 N–H and O–H groups in total. The van der Waals surface area contributed by atoms with Gasteiger partial charge in [0.15, 0.2) is 0 Å². The smallest absolute Gasteiger partial charge is 0.0991 e. The topological polar surface area (TPSA) is 39.6 Å². The van der Waals surface area contributed by atoms with Gasteiger partial charge in [0.1, 0.15) is 0 Å². The van der Waals surface area contributed by atoms with E-state index in [0.717, 1.165) is 23.9 Å². The Labute approximate surface area is 89.5 Å². The number of H-pyrrole nitrogens is 1. The van der Waals surface area contributed by atoms with Crippen molar-refractivity contribution in [3.05, 3.63) is 35.0 Å². The van der Waals surface area contributed by atoms with E-state index >= 15 is 0 Å². The standard InChI is InChI=1S/C13H14N2/c1-3-4-11-9(2)15-13-6-5-10(8-14)7-12(11)13/h5-7,15H,3-4H2,1-2H3. The van der Waals surface area contributed by atoms with Gasteiger partial charge < -0.3 is 4.98 Å². The van der Waals surface area contributed by atoms with Gasteiger partial charge >= 0.3 is 0 Å². The third-order valence-electron chi connectivity index (χ3n) is 2.75. The van der Waals surface area contributed by atoms with Gasteiger partial charge in [-0.3, -0.25) is 0 Å². The van der Waals surface area contributed by atoms with E-state index in [1.807, 2.05) is 18.2 Å². The average molecular weight is 198 g/mol. The van der Waals surface area contributed by atoms with Crippen LogP contribution in [0.3, 0.4) is 0 Å². The predicted octanol–water partition coefficient (Wildman–Crippen LogP) is 3.30. The van der Waals surface area contributed by atoms with Crippen molar-refractivity contribution in [3.8, 4) is 6.07 Å². The zero-order valence-electron chi connectivity index (χ0n) is 9.09. The van der Waals surface area contributed by atoms with E-state index in [1.165, 1.54) is 16.6 Å². The summed E-state index contributed by atoms with van der Waals surface area (Å²) in [6.07, 6.45) is 2.20. The van der Waals surface area contributed by atoms with Crippen molar-refractivity contribution in [2.24, 2.45) is 0 Å². The molecule has 0 amide bonds. The van der Waals surface area contributed by atoms with E-state index in [2.05, 4.69) is 24.9 Å². The van der Waals surface area contributed by atoms with Gasteiger partial charge in [0.05, 0.1) is 11.6 Å². The van der Waals surface area contributed by atoms with Crippen LogP contribution in [0.15, 0.2) is 18.2 Å². The molecule has 0 saturated heterocycles. The van der Waals surface area contributed by atoms with Gasteiger partial charge in [0.25, 0.3) is 0 Å². The maximum atomic E-state index is 8.86. The third kappa shape index (κ3) is 1.61. The first-order chi connectivity index (χ1) is 7.26. The summed E-state index contributed by atoms with van der Waals surface area (Å²) in [5.41, 5.74) is 4.44. The van der Waals surface area contributed by atoms with Gasteiger partial charge in [-0.1, -0.05) is 13.3 Å². The van der Waals surface area contributed by atoms with Crippen molar-refractivity contribution >= 4 is 10.9 Å².